The maximum atomic E-state index is 9.27. The quantitative estimate of drug-likeness (QED) is 0.901. The van der Waals surface area contributed by atoms with E-state index in [9.17, 15) is 5.11 Å². The summed E-state index contributed by atoms with van der Waals surface area (Å²) in [6.07, 6.45) is 0. The predicted octanol–water partition coefficient (Wildman–Crippen LogP) is 3.75. The molecule has 0 aliphatic heterocycles. The lowest BCUT2D eigenvalue weighted by Crippen LogP contribution is -2.04. The van der Waals surface area contributed by atoms with Gasteiger partial charge in [0.25, 0.3) is 0 Å². The second kappa shape index (κ2) is 6.19. The summed E-state index contributed by atoms with van der Waals surface area (Å²) in [5.74, 6) is 1.35. The van der Waals surface area contributed by atoms with Crippen molar-refractivity contribution in [1.29, 1.82) is 0 Å². The predicted molar refractivity (Wildman–Crippen MR) is 79.2 cm³/mol. The Balaban J connectivity index is 2.28. The molecule has 0 unspecified atom stereocenters. The van der Waals surface area contributed by atoms with E-state index in [1.807, 2.05) is 49.4 Å². The average Bonchev–Trinajstić information content (AvgIpc) is 2.41. The Bertz CT molecular complexity index is 570. The zero-order valence-electron chi connectivity index (χ0n) is 10.6. The Morgan fingerprint density at radius 3 is 2.58 bits per heavy atom. The van der Waals surface area contributed by atoms with Crippen molar-refractivity contribution in [2.75, 3.05) is 0 Å². The number of benzene rings is 2. The first kappa shape index (κ1) is 14.1. The summed E-state index contributed by atoms with van der Waals surface area (Å²) >= 11 is 3.48. The van der Waals surface area contributed by atoms with Gasteiger partial charge in [0.05, 0.1) is 11.1 Å². The van der Waals surface area contributed by atoms with Crippen molar-refractivity contribution < 1.29 is 9.84 Å². The molecule has 2 rings (SSSR count). The number of rotatable bonds is 4. The normalized spacial score (nSPS) is 12.2. The Kier molecular flexibility index (Phi) is 4.58. The maximum Gasteiger partial charge on any atom is 0.141 e. The Hall–Kier alpha value is -1.36. The molecule has 0 amide bonds. The van der Waals surface area contributed by atoms with E-state index in [0.29, 0.717) is 11.5 Å². The van der Waals surface area contributed by atoms with Crippen LogP contribution in [-0.4, -0.2) is 5.11 Å². The second-order valence-corrected chi connectivity index (χ2v) is 5.20. The Labute approximate surface area is 121 Å². The number of halogens is 1. The molecule has 0 aliphatic rings. The maximum absolute atomic E-state index is 9.27. The van der Waals surface area contributed by atoms with Crippen LogP contribution < -0.4 is 10.5 Å². The first-order valence-corrected chi connectivity index (χ1v) is 6.82. The van der Waals surface area contributed by atoms with E-state index >= 15 is 0 Å². The van der Waals surface area contributed by atoms with E-state index in [4.69, 9.17) is 10.5 Å². The van der Waals surface area contributed by atoms with E-state index in [-0.39, 0.29) is 12.6 Å². The van der Waals surface area contributed by atoms with E-state index in [0.717, 1.165) is 15.6 Å². The van der Waals surface area contributed by atoms with Gasteiger partial charge in [-0.25, -0.2) is 0 Å². The highest BCUT2D eigenvalue weighted by molar-refractivity contribution is 9.10. The third-order valence-electron chi connectivity index (χ3n) is 2.84. The van der Waals surface area contributed by atoms with Crippen LogP contribution in [0.2, 0.25) is 0 Å². The summed E-state index contributed by atoms with van der Waals surface area (Å²) in [5, 5.41) is 9.27. The van der Waals surface area contributed by atoms with Crippen molar-refractivity contribution >= 4 is 15.9 Å². The Morgan fingerprint density at radius 2 is 1.95 bits per heavy atom. The molecule has 0 saturated heterocycles. The third-order valence-corrected chi connectivity index (χ3v) is 3.46. The van der Waals surface area contributed by atoms with Crippen molar-refractivity contribution in [3.05, 3.63) is 58.1 Å². The third kappa shape index (κ3) is 3.35. The zero-order valence-corrected chi connectivity index (χ0v) is 12.2. The summed E-state index contributed by atoms with van der Waals surface area (Å²) in [4.78, 5) is 0. The highest BCUT2D eigenvalue weighted by atomic mass is 79.9. The summed E-state index contributed by atoms with van der Waals surface area (Å²) < 4.78 is 6.66. The van der Waals surface area contributed by atoms with Crippen LogP contribution >= 0.6 is 15.9 Å². The van der Waals surface area contributed by atoms with Crippen LogP contribution in [-0.2, 0) is 6.61 Å². The fourth-order valence-electron chi connectivity index (χ4n) is 1.74. The van der Waals surface area contributed by atoms with Gasteiger partial charge in [-0.2, -0.15) is 0 Å². The molecule has 0 aliphatic carbocycles. The molecule has 0 heterocycles. The van der Waals surface area contributed by atoms with Crippen molar-refractivity contribution in [1.82, 2.24) is 0 Å². The van der Waals surface area contributed by atoms with Gasteiger partial charge in [-0.05, 0) is 46.6 Å². The van der Waals surface area contributed by atoms with Crippen LogP contribution in [0.1, 0.15) is 24.1 Å². The topological polar surface area (TPSA) is 55.5 Å². The molecule has 0 radical (unpaired) electrons. The Morgan fingerprint density at radius 1 is 1.21 bits per heavy atom. The van der Waals surface area contributed by atoms with Gasteiger partial charge >= 0.3 is 0 Å². The molecule has 100 valence electrons. The number of hydrogen-bond acceptors (Lipinski definition) is 3. The molecule has 1 atom stereocenters. The fourth-order valence-corrected chi connectivity index (χ4v) is 2.21. The van der Waals surface area contributed by atoms with Crippen LogP contribution in [0.3, 0.4) is 0 Å². The molecule has 4 heteroatoms. The molecular formula is C15H16BrNO2. The number of nitrogens with two attached hydrogens (primary N) is 1. The van der Waals surface area contributed by atoms with Gasteiger partial charge in [0.2, 0.25) is 0 Å². The van der Waals surface area contributed by atoms with Crippen LogP contribution in [0.15, 0.2) is 46.9 Å². The van der Waals surface area contributed by atoms with Crippen molar-refractivity contribution in [2.24, 2.45) is 5.73 Å². The SMILES string of the molecule is C[C@@H](N)c1ccc(Oc2ccccc2CO)c(Br)c1. The molecule has 19 heavy (non-hydrogen) atoms. The molecule has 2 aromatic rings. The minimum atomic E-state index is -0.0499. The van der Waals surface area contributed by atoms with E-state index < -0.39 is 0 Å². The summed E-state index contributed by atoms with van der Waals surface area (Å²) in [7, 11) is 0. The van der Waals surface area contributed by atoms with Gasteiger partial charge in [0.1, 0.15) is 11.5 Å². The lowest BCUT2D eigenvalue weighted by atomic mass is 10.1. The van der Waals surface area contributed by atoms with Gasteiger partial charge in [-0.3, -0.25) is 0 Å². The number of para-hydroxylation sites is 1. The van der Waals surface area contributed by atoms with Gasteiger partial charge in [-0.15, -0.1) is 0 Å². The molecular weight excluding hydrogens is 306 g/mol. The van der Waals surface area contributed by atoms with E-state index in [1.165, 1.54) is 0 Å². The number of hydrogen-bond donors (Lipinski definition) is 2. The first-order chi connectivity index (χ1) is 9.11. The minimum absolute atomic E-state index is 0.0184. The van der Waals surface area contributed by atoms with Crippen LogP contribution in [0.25, 0.3) is 0 Å². The molecule has 3 nitrogen and oxygen atoms in total. The summed E-state index contributed by atoms with van der Waals surface area (Å²) in [6, 6.07) is 13.1. The standard InChI is InChI=1S/C15H16BrNO2/c1-10(17)11-6-7-15(13(16)8-11)19-14-5-3-2-4-12(14)9-18/h2-8,10,18H,9,17H2,1H3/t10-/m1/s1. The highest BCUT2D eigenvalue weighted by Crippen LogP contribution is 2.33. The first-order valence-electron chi connectivity index (χ1n) is 6.03. The van der Waals surface area contributed by atoms with E-state index in [1.54, 1.807) is 0 Å². The van der Waals surface area contributed by atoms with Gasteiger partial charge in [-0.1, -0.05) is 24.3 Å². The smallest absolute Gasteiger partial charge is 0.141 e. The summed E-state index contributed by atoms with van der Waals surface area (Å²) in [5.41, 5.74) is 7.63. The zero-order chi connectivity index (χ0) is 13.8. The molecule has 0 saturated carbocycles. The number of aliphatic hydroxyl groups is 1. The van der Waals surface area contributed by atoms with E-state index in [2.05, 4.69) is 15.9 Å². The molecule has 0 aromatic heterocycles. The molecule has 0 spiro atoms. The number of aliphatic hydroxyl groups excluding tert-OH is 1. The van der Waals surface area contributed by atoms with Gasteiger partial charge in [0, 0.05) is 11.6 Å². The average molecular weight is 322 g/mol. The molecule has 0 fully saturated rings. The second-order valence-electron chi connectivity index (χ2n) is 4.35. The lowest BCUT2D eigenvalue weighted by Gasteiger charge is -2.13. The lowest BCUT2D eigenvalue weighted by molar-refractivity contribution is 0.276. The highest BCUT2D eigenvalue weighted by Gasteiger charge is 2.08. The molecule has 0 bridgehead atoms. The van der Waals surface area contributed by atoms with Crippen molar-refractivity contribution in [3.8, 4) is 11.5 Å². The summed E-state index contributed by atoms with van der Waals surface area (Å²) in [6.45, 7) is 1.88. The van der Waals surface area contributed by atoms with Crippen LogP contribution in [0.4, 0.5) is 0 Å². The molecule has 2 aromatic carbocycles. The minimum Gasteiger partial charge on any atom is -0.456 e. The van der Waals surface area contributed by atoms with Gasteiger partial charge in [0.15, 0.2) is 0 Å². The molecule has 3 N–H and O–H groups in total. The largest absolute Gasteiger partial charge is 0.456 e. The van der Waals surface area contributed by atoms with Gasteiger partial charge < -0.3 is 15.6 Å². The van der Waals surface area contributed by atoms with Crippen LogP contribution in [0, 0.1) is 0 Å². The fraction of sp³-hybridized carbons (Fsp3) is 0.200. The van der Waals surface area contributed by atoms with Crippen LogP contribution in [0.5, 0.6) is 11.5 Å². The monoisotopic (exact) mass is 321 g/mol. The van der Waals surface area contributed by atoms with Crippen molar-refractivity contribution in [2.45, 2.75) is 19.6 Å². The number of ether oxygens (including phenoxy) is 1. The van der Waals surface area contributed by atoms with Crippen molar-refractivity contribution in [3.63, 3.8) is 0 Å².